The van der Waals surface area contributed by atoms with Crippen LogP contribution >= 0.6 is 11.3 Å². The van der Waals surface area contributed by atoms with Gasteiger partial charge < -0.3 is 9.42 Å². The van der Waals surface area contributed by atoms with Gasteiger partial charge in [0.05, 0.1) is 18.8 Å². The molecule has 1 amide bonds. The highest BCUT2D eigenvalue weighted by Gasteiger charge is 2.19. The minimum Gasteiger partial charge on any atom is -0.359 e. The van der Waals surface area contributed by atoms with E-state index in [1.54, 1.807) is 24.6 Å². The van der Waals surface area contributed by atoms with Crippen molar-refractivity contribution >= 4 is 27.3 Å². The Labute approximate surface area is 139 Å². The first-order chi connectivity index (χ1) is 10.8. The normalized spacial score (nSPS) is 11.8. The molecule has 0 unspecified atom stereocenters. The van der Waals surface area contributed by atoms with Gasteiger partial charge in [-0.1, -0.05) is 25.1 Å². The van der Waals surface area contributed by atoms with E-state index in [4.69, 9.17) is 4.52 Å². The van der Waals surface area contributed by atoms with Crippen LogP contribution in [0.1, 0.15) is 31.2 Å². The molecule has 2 heterocycles. The first kappa shape index (κ1) is 17.6. The molecule has 0 saturated heterocycles. The summed E-state index contributed by atoms with van der Waals surface area (Å²) in [4.78, 5) is 13.4. The summed E-state index contributed by atoms with van der Waals surface area (Å²) >= 11 is 1.10. The van der Waals surface area contributed by atoms with Crippen molar-refractivity contribution in [2.24, 2.45) is 0 Å². The molecule has 9 heteroatoms. The molecule has 0 aliphatic heterocycles. The van der Waals surface area contributed by atoms with Gasteiger partial charge in [-0.2, -0.15) is 0 Å². The zero-order valence-corrected chi connectivity index (χ0v) is 14.8. The predicted octanol–water partition coefficient (Wildman–Crippen LogP) is 1.80. The quantitative estimate of drug-likeness (QED) is 0.816. The number of thiophene rings is 1. The van der Waals surface area contributed by atoms with E-state index in [-0.39, 0.29) is 29.1 Å². The summed E-state index contributed by atoms with van der Waals surface area (Å²) in [6, 6.07) is 4.93. The van der Waals surface area contributed by atoms with Crippen LogP contribution in [0.4, 0.5) is 0 Å². The summed E-state index contributed by atoms with van der Waals surface area (Å²) in [5.74, 6) is 0.449. The first-order valence-corrected chi connectivity index (χ1v) is 9.38. The SMILES string of the molecule is CC(C)c1cc(CN(C)C(=O)CNS(=O)(=O)c2cccs2)on1. The molecule has 126 valence electrons. The smallest absolute Gasteiger partial charge is 0.250 e. The third-order valence-corrected chi connectivity index (χ3v) is 5.96. The highest BCUT2D eigenvalue weighted by molar-refractivity contribution is 7.91. The molecular weight excluding hydrogens is 338 g/mol. The van der Waals surface area contributed by atoms with E-state index in [1.165, 1.54) is 11.0 Å². The minimum absolute atomic E-state index is 0.185. The lowest BCUT2D eigenvalue weighted by atomic mass is 10.1. The van der Waals surface area contributed by atoms with Crippen molar-refractivity contribution in [3.63, 3.8) is 0 Å². The van der Waals surface area contributed by atoms with E-state index < -0.39 is 10.0 Å². The lowest BCUT2D eigenvalue weighted by molar-refractivity contribution is -0.129. The van der Waals surface area contributed by atoms with Crippen LogP contribution in [0.5, 0.6) is 0 Å². The Hall–Kier alpha value is -1.71. The van der Waals surface area contributed by atoms with Crippen LogP contribution in [0.3, 0.4) is 0 Å². The molecule has 0 radical (unpaired) electrons. The summed E-state index contributed by atoms with van der Waals surface area (Å²) in [6.07, 6.45) is 0. The first-order valence-electron chi connectivity index (χ1n) is 7.02. The van der Waals surface area contributed by atoms with Crippen LogP contribution in [-0.2, 0) is 21.4 Å². The maximum Gasteiger partial charge on any atom is 0.250 e. The van der Waals surface area contributed by atoms with Gasteiger partial charge >= 0.3 is 0 Å². The Morgan fingerprint density at radius 1 is 1.48 bits per heavy atom. The monoisotopic (exact) mass is 357 g/mol. The molecule has 0 spiro atoms. The molecular formula is C14H19N3O4S2. The summed E-state index contributed by atoms with van der Waals surface area (Å²) in [7, 11) is -2.06. The van der Waals surface area contributed by atoms with Crippen molar-refractivity contribution < 1.29 is 17.7 Å². The van der Waals surface area contributed by atoms with Gasteiger partial charge in [-0.25, -0.2) is 13.1 Å². The maximum absolute atomic E-state index is 12.0. The van der Waals surface area contributed by atoms with Crippen molar-refractivity contribution in [1.82, 2.24) is 14.8 Å². The van der Waals surface area contributed by atoms with Gasteiger partial charge in [-0.05, 0) is 17.4 Å². The number of likely N-dealkylation sites (N-methyl/N-ethyl adjacent to an activating group) is 1. The van der Waals surface area contributed by atoms with Crippen LogP contribution in [-0.4, -0.2) is 38.0 Å². The number of hydrogen-bond donors (Lipinski definition) is 1. The van der Waals surface area contributed by atoms with Gasteiger partial charge in [0.1, 0.15) is 4.21 Å². The standard InChI is InChI=1S/C14H19N3O4S2/c1-10(2)12-7-11(21-16-12)9-17(3)13(18)8-15-23(19,20)14-5-4-6-22-14/h4-7,10,15H,8-9H2,1-3H3. The molecule has 23 heavy (non-hydrogen) atoms. The number of hydrogen-bond acceptors (Lipinski definition) is 6. The van der Waals surface area contributed by atoms with Crippen molar-refractivity contribution in [2.75, 3.05) is 13.6 Å². The van der Waals surface area contributed by atoms with Crippen LogP contribution in [0.2, 0.25) is 0 Å². The Morgan fingerprint density at radius 3 is 2.78 bits per heavy atom. The highest BCUT2D eigenvalue weighted by atomic mass is 32.2. The van der Waals surface area contributed by atoms with Crippen LogP contribution < -0.4 is 4.72 Å². The fraction of sp³-hybridized carbons (Fsp3) is 0.429. The molecule has 0 atom stereocenters. The summed E-state index contributed by atoms with van der Waals surface area (Å²) in [5.41, 5.74) is 0.819. The molecule has 0 aromatic carbocycles. The summed E-state index contributed by atoms with van der Waals surface area (Å²) < 4.78 is 31.6. The third kappa shape index (κ3) is 4.63. The predicted molar refractivity (Wildman–Crippen MR) is 86.6 cm³/mol. The number of aromatic nitrogens is 1. The van der Waals surface area contributed by atoms with E-state index in [0.717, 1.165) is 17.0 Å². The second-order valence-electron chi connectivity index (χ2n) is 5.38. The number of rotatable bonds is 7. The van der Waals surface area contributed by atoms with Crippen LogP contribution in [0.25, 0.3) is 0 Å². The number of nitrogens with one attached hydrogen (secondary N) is 1. The molecule has 0 fully saturated rings. The lowest BCUT2D eigenvalue weighted by Crippen LogP contribution is -2.37. The summed E-state index contributed by atoms with van der Waals surface area (Å²) in [6.45, 7) is 3.92. The number of carbonyl (C=O) groups excluding carboxylic acids is 1. The number of carbonyl (C=O) groups is 1. The zero-order valence-electron chi connectivity index (χ0n) is 13.1. The zero-order chi connectivity index (χ0) is 17.0. The minimum atomic E-state index is -3.64. The number of amides is 1. The van der Waals surface area contributed by atoms with E-state index in [2.05, 4.69) is 9.88 Å². The molecule has 0 bridgehead atoms. The van der Waals surface area contributed by atoms with E-state index in [9.17, 15) is 13.2 Å². The van der Waals surface area contributed by atoms with Crippen LogP contribution in [0, 0.1) is 0 Å². The van der Waals surface area contributed by atoms with Crippen LogP contribution in [0.15, 0.2) is 32.3 Å². The Morgan fingerprint density at radius 2 is 2.22 bits per heavy atom. The fourth-order valence-electron chi connectivity index (χ4n) is 1.78. The molecule has 7 nitrogen and oxygen atoms in total. The number of nitrogens with zero attached hydrogens (tertiary/aromatic N) is 2. The maximum atomic E-state index is 12.0. The van der Waals surface area contributed by atoms with Gasteiger partial charge in [0.2, 0.25) is 5.91 Å². The highest BCUT2D eigenvalue weighted by Crippen LogP contribution is 2.16. The van der Waals surface area contributed by atoms with Gasteiger partial charge in [0.25, 0.3) is 10.0 Å². The second-order valence-corrected chi connectivity index (χ2v) is 8.32. The van der Waals surface area contributed by atoms with Crippen molar-refractivity contribution in [3.05, 3.63) is 35.0 Å². The topological polar surface area (TPSA) is 92.5 Å². The molecule has 0 saturated carbocycles. The largest absolute Gasteiger partial charge is 0.359 e. The molecule has 0 aliphatic rings. The molecule has 2 aromatic heterocycles. The van der Waals surface area contributed by atoms with Crippen molar-refractivity contribution in [2.45, 2.75) is 30.5 Å². The lowest BCUT2D eigenvalue weighted by Gasteiger charge is -2.15. The van der Waals surface area contributed by atoms with E-state index in [1.807, 2.05) is 13.8 Å². The molecule has 1 N–H and O–H groups in total. The van der Waals surface area contributed by atoms with E-state index >= 15 is 0 Å². The fourth-order valence-corrected chi connectivity index (χ4v) is 3.79. The molecule has 2 rings (SSSR count). The Balaban J connectivity index is 1.90. The molecule has 0 aliphatic carbocycles. The second kappa shape index (κ2) is 7.24. The van der Waals surface area contributed by atoms with E-state index in [0.29, 0.717) is 5.76 Å². The van der Waals surface area contributed by atoms with Gasteiger partial charge in [-0.15, -0.1) is 11.3 Å². The Bertz CT molecular complexity index is 751. The van der Waals surface area contributed by atoms with Gasteiger partial charge in [-0.3, -0.25) is 4.79 Å². The van der Waals surface area contributed by atoms with Gasteiger partial charge in [0.15, 0.2) is 5.76 Å². The van der Waals surface area contributed by atoms with Crippen molar-refractivity contribution in [3.8, 4) is 0 Å². The van der Waals surface area contributed by atoms with Gasteiger partial charge in [0, 0.05) is 13.1 Å². The van der Waals surface area contributed by atoms with Crippen molar-refractivity contribution in [1.29, 1.82) is 0 Å². The summed E-state index contributed by atoms with van der Waals surface area (Å²) in [5, 5.41) is 5.59. The molecule has 2 aromatic rings. The number of sulfonamides is 1. The Kier molecular flexibility index (Phi) is 5.55. The third-order valence-electron chi connectivity index (χ3n) is 3.16. The average molecular weight is 357 g/mol. The average Bonchev–Trinajstić information content (AvgIpc) is 3.16.